The molecule has 0 aromatic heterocycles. The number of carbonyl (C=O) groups is 1. The zero-order valence-electron chi connectivity index (χ0n) is 11.5. The van der Waals surface area contributed by atoms with E-state index in [4.69, 9.17) is 15.2 Å². The van der Waals surface area contributed by atoms with Gasteiger partial charge in [-0.25, -0.2) is 0 Å². The van der Waals surface area contributed by atoms with Crippen molar-refractivity contribution in [3.05, 3.63) is 17.7 Å². The third-order valence-electron chi connectivity index (χ3n) is 3.25. The highest BCUT2D eigenvalue weighted by atomic mass is 32.2. The molecule has 0 bridgehead atoms. The van der Waals surface area contributed by atoms with Crippen molar-refractivity contribution in [3.63, 3.8) is 0 Å². The Balaban J connectivity index is 2.27. The number of nitrogens with zero attached hydrogens (tertiary/aromatic N) is 1. The molecule has 1 saturated heterocycles. The van der Waals surface area contributed by atoms with Gasteiger partial charge >= 0.3 is 0 Å². The molecule has 7 heteroatoms. The number of methoxy groups -OCH3 is 2. The van der Waals surface area contributed by atoms with Gasteiger partial charge in [-0.05, 0) is 6.07 Å². The molecule has 2 rings (SSSR count). The van der Waals surface area contributed by atoms with Gasteiger partial charge in [0.2, 0.25) is 0 Å². The zero-order chi connectivity index (χ0) is 14.7. The molecule has 1 fully saturated rings. The van der Waals surface area contributed by atoms with E-state index in [2.05, 4.69) is 0 Å². The summed E-state index contributed by atoms with van der Waals surface area (Å²) in [5.41, 5.74) is 6.64. The summed E-state index contributed by atoms with van der Waals surface area (Å²) in [6.07, 6.45) is 0. The summed E-state index contributed by atoms with van der Waals surface area (Å²) in [5.74, 6) is 1.81. The van der Waals surface area contributed by atoms with Crippen molar-refractivity contribution >= 4 is 22.4 Å². The van der Waals surface area contributed by atoms with Gasteiger partial charge in [-0.2, -0.15) is 0 Å². The van der Waals surface area contributed by atoms with Gasteiger partial charge in [-0.3, -0.25) is 9.00 Å². The molecule has 1 aliphatic rings. The Bertz CT molecular complexity index is 537. The number of hydrogen-bond acceptors (Lipinski definition) is 5. The first-order valence-corrected chi connectivity index (χ1v) is 7.71. The van der Waals surface area contributed by atoms with Crippen LogP contribution < -0.4 is 15.2 Å². The fourth-order valence-electron chi connectivity index (χ4n) is 2.09. The second kappa shape index (κ2) is 6.13. The molecule has 2 N–H and O–H groups in total. The molecular formula is C13H18N2O4S. The molecule has 6 nitrogen and oxygen atoms in total. The maximum atomic E-state index is 12.4. The predicted octanol–water partition coefficient (Wildman–Crippen LogP) is 0.491. The van der Waals surface area contributed by atoms with Crippen molar-refractivity contribution < 1.29 is 18.5 Å². The van der Waals surface area contributed by atoms with Crippen LogP contribution in [0.4, 0.5) is 5.69 Å². The number of carbonyl (C=O) groups excluding carboxylic acids is 1. The van der Waals surface area contributed by atoms with Crippen molar-refractivity contribution in [2.45, 2.75) is 0 Å². The monoisotopic (exact) mass is 298 g/mol. The average molecular weight is 298 g/mol. The van der Waals surface area contributed by atoms with E-state index in [1.807, 2.05) is 0 Å². The lowest BCUT2D eigenvalue weighted by Crippen LogP contribution is -2.42. The minimum atomic E-state index is -0.820. The van der Waals surface area contributed by atoms with Crippen molar-refractivity contribution in [2.24, 2.45) is 0 Å². The summed E-state index contributed by atoms with van der Waals surface area (Å²) >= 11 is 0. The van der Waals surface area contributed by atoms with E-state index >= 15 is 0 Å². The van der Waals surface area contributed by atoms with Crippen LogP contribution in [0.3, 0.4) is 0 Å². The second-order valence-electron chi connectivity index (χ2n) is 4.43. The lowest BCUT2D eigenvalue weighted by Gasteiger charge is -2.27. The van der Waals surface area contributed by atoms with E-state index in [0.29, 0.717) is 47.3 Å². The molecule has 1 aromatic rings. The van der Waals surface area contributed by atoms with Crippen LogP contribution in [0.5, 0.6) is 11.5 Å². The van der Waals surface area contributed by atoms with Gasteiger partial charge in [0.1, 0.15) is 0 Å². The molecule has 1 aliphatic heterocycles. The van der Waals surface area contributed by atoms with E-state index < -0.39 is 10.8 Å². The van der Waals surface area contributed by atoms with Crippen molar-refractivity contribution in [2.75, 3.05) is 44.5 Å². The van der Waals surface area contributed by atoms with E-state index in [9.17, 15) is 9.00 Å². The zero-order valence-corrected chi connectivity index (χ0v) is 12.4. The Hall–Kier alpha value is -1.76. The number of rotatable bonds is 3. The summed E-state index contributed by atoms with van der Waals surface area (Å²) in [6, 6.07) is 3.16. The van der Waals surface area contributed by atoms with Crippen LogP contribution in [0.2, 0.25) is 0 Å². The fraction of sp³-hybridized carbons (Fsp3) is 0.462. The molecule has 0 radical (unpaired) electrons. The standard InChI is InChI=1S/C13H18N2O4S/c1-18-11-7-9(10(14)8-12(11)19-2)13(16)15-3-5-20(17)6-4-15/h7-8H,3-6,14H2,1-2H3. The van der Waals surface area contributed by atoms with Gasteiger partial charge in [0, 0.05) is 47.1 Å². The molecule has 20 heavy (non-hydrogen) atoms. The number of ether oxygens (including phenoxy) is 2. The van der Waals surface area contributed by atoms with E-state index in [0.717, 1.165) is 0 Å². The van der Waals surface area contributed by atoms with Crippen LogP contribution in [0.25, 0.3) is 0 Å². The number of amides is 1. The minimum absolute atomic E-state index is 0.167. The molecule has 1 heterocycles. The van der Waals surface area contributed by atoms with Crippen LogP contribution in [-0.2, 0) is 10.8 Å². The Morgan fingerprint density at radius 3 is 2.30 bits per heavy atom. The maximum absolute atomic E-state index is 12.4. The predicted molar refractivity (Wildman–Crippen MR) is 77.7 cm³/mol. The molecule has 0 atom stereocenters. The summed E-state index contributed by atoms with van der Waals surface area (Å²) < 4.78 is 21.7. The number of benzene rings is 1. The maximum Gasteiger partial charge on any atom is 0.256 e. The van der Waals surface area contributed by atoms with Gasteiger partial charge in [0.05, 0.1) is 19.8 Å². The Kier molecular flexibility index (Phi) is 4.49. The largest absolute Gasteiger partial charge is 0.493 e. The van der Waals surface area contributed by atoms with Crippen LogP contribution >= 0.6 is 0 Å². The summed E-state index contributed by atoms with van der Waals surface area (Å²) in [4.78, 5) is 14.1. The second-order valence-corrected chi connectivity index (χ2v) is 6.13. The number of nitrogen functional groups attached to an aromatic ring is 1. The van der Waals surface area contributed by atoms with Gasteiger partial charge < -0.3 is 20.1 Å². The highest BCUT2D eigenvalue weighted by Crippen LogP contribution is 2.32. The number of hydrogen-bond donors (Lipinski definition) is 1. The van der Waals surface area contributed by atoms with Crippen LogP contribution in [0.15, 0.2) is 12.1 Å². The lowest BCUT2D eigenvalue weighted by molar-refractivity contribution is 0.0772. The van der Waals surface area contributed by atoms with Crippen LogP contribution in [0, 0.1) is 0 Å². The molecule has 0 saturated carbocycles. The van der Waals surface area contributed by atoms with E-state index in [1.54, 1.807) is 17.0 Å². The SMILES string of the molecule is COc1cc(N)c(C(=O)N2CCS(=O)CC2)cc1OC. The third-order valence-corrected chi connectivity index (χ3v) is 4.53. The number of anilines is 1. The third kappa shape index (κ3) is 2.87. The highest BCUT2D eigenvalue weighted by Gasteiger charge is 2.24. The highest BCUT2D eigenvalue weighted by molar-refractivity contribution is 7.85. The van der Waals surface area contributed by atoms with Gasteiger partial charge in [-0.15, -0.1) is 0 Å². The Labute approximate surface area is 120 Å². The first-order chi connectivity index (χ1) is 9.56. The molecule has 0 spiro atoms. The number of nitrogens with two attached hydrogens (primary N) is 1. The summed E-state index contributed by atoms with van der Waals surface area (Å²) in [6.45, 7) is 0.971. The molecular weight excluding hydrogens is 280 g/mol. The van der Waals surface area contributed by atoms with Gasteiger partial charge in [0.25, 0.3) is 5.91 Å². The molecule has 1 amide bonds. The quantitative estimate of drug-likeness (QED) is 0.821. The van der Waals surface area contributed by atoms with Crippen molar-refractivity contribution in [3.8, 4) is 11.5 Å². The van der Waals surface area contributed by atoms with Crippen molar-refractivity contribution in [1.82, 2.24) is 4.90 Å². The average Bonchev–Trinajstić information content (AvgIpc) is 2.47. The topological polar surface area (TPSA) is 81.9 Å². The van der Waals surface area contributed by atoms with E-state index in [-0.39, 0.29) is 5.91 Å². The van der Waals surface area contributed by atoms with Crippen LogP contribution in [-0.4, -0.2) is 53.8 Å². The van der Waals surface area contributed by atoms with Gasteiger partial charge in [0.15, 0.2) is 11.5 Å². The molecule has 0 unspecified atom stereocenters. The molecule has 0 aliphatic carbocycles. The molecule has 110 valence electrons. The fourth-order valence-corrected chi connectivity index (χ4v) is 3.14. The Morgan fingerprint density at radius 2 is 1.75 bits per heavy atom. The molecule has 1 aromatic carbocycles. The first kappa shape index (κ1) is 14.6. The Morgan fingerprint density at radius 1 is 1.20 bits per heavy atom. The first-order valence-electron chi connectivity index (χ1n) is 6.22. The smallest absolute Gasteiger partial charge is 0.256 e. The normalized spacial score (nSPS) is 16.0. The summed E-state index contributed by atoms with van der Waals surface area (Å²) in [7, 11) is 2.20. The van der Waals surface area contributed by atoms with E-state index in [1.165, 1.54) is 14.2 Å². The van der Waals surface area contributed by atoms with Crippen molar-refractivity contribution in [1.29, 1.82) is 0 Å². The lowest BCUT2D eigenvalue weighted by atomic mass is 10.1. The van der Waals surface area contributed by atoms with Gasteiger partial charge in [-0.1, -0.05) is 0 Å². The summed E-state index contributed by atoms with van der Waals surface area (Å²) in [5, 5.41) is 0. The van der Waals surface area contributed by atoms with Crippen LogP contribution in [0.1, 0.15) is 10.4 Å². The minimum Gasteiger partial charge on any atom is -0.493 e.